The van der Waals surface area contributed by atoms with Gasteiger partial charge in [0.15, 0.2) is 0 Å². The third kappa shape index (κ3) is 4.96. The van der Waals surface area contributed by atoms with Crippen LogP contribution in [0.3, 0.4) is 0 Å². The van der Waals surface area contributed by atoms with Crippen molar-refractivity contribution < 1.29 is 14.3 Å². The van der Waals surface area contributed by atoms with Crippen molar-refractivity contribution in [2.75, 3.05) is 13.2 Å². The lowest BCUT2D eigenvalue weighted by Crippen LogP contribution is -2.35. The number of fused-ring (bicyclic) bond motifs is 1. The van der Waals surface area contributed by atoms with Gasteiger partial charge in [0.2, 0.25) is 11.8 Å². The number of para-hydroxylation sites is 2. The summed E-state index contributed by atoms with van der Waals surface area (Å²) in [6.45, 7) is 1.54. The Kier molecular flexibility index (Phi) is 6.44. The lowest BCUT2D eigenvalue weighted by atomic mass is 10.2. The van der Waals surface area contributed by atoms with Crippen molar-refractivity contribution in [3.63, 3.8) is 0 Å². The van der Waals surface area contributed by atoms with Crippen molar-refractivity contribution in [1.82, 2.24) is 20.2 Å². The predicted molar refractivity (Wildman–Crippen MR) is 110 cm³/mol. The average Bonchev–Trinajstić information content (AvgIpc) is 3.47. The first-order valence-electron chi connectivity index (χ1n) is 10.8. The Morgan fingerprint density at radius 2 is 1.97 bits per heavy atom. The number of aryl methyl sites for hydroxylation is 1. The molecule has 1 aromatic heterocycles. The molecular weight excluding hydrogens is 368 g/mol. The molecule has 1 saturated heterocycles. The highest BCUT2D eigenvalue weighted by molar-refractivity contribution is 5.81. The van der Waals surface area contributed by atoms with Crippen LogP contribution in [0.15, 0.2) is 24.3 Å². The third-order valence-corrected chi connectivity index (χ3v) is 5.85. The molecule has 29 heavy (non-hydrogen) atoms. The van der Waals surface area contributed by atoms with Gasteiger partial charge in [-0.15, -0.1) is 0 Å². The number of carbonyl (C=O) groups excluding carboxylic acids is 2. The number of hydrogen-bond donors (Lipinski definition) is 2. The van der Waals surface area contributed by atoms with E-state index < -0.39 is 0 Å². The van der Waals surface area contributed by atoms with Crippen molar-refractivity contribution >= 4 is 22.8 Å². The molecule has 2 aliphatic rings. The van der Waals surface area contributed by atoms with E-state index in [0.29, 0.717) is 25.6 Å². The molecule has 4 rings (SSSR count). The van der Waals surface area contributed by atoms with Gasteiger partial charge >= 0.3 is 0 Å². The summed E-state index contributed by atoms with van der Waals surface area (Å²) in [7, 11) is 0. The Hall–Kier alpha value is -2.41. The van der Waals surface area contributed by atoms with Gasteiger partial charge in [0.05, 0.1) is 11.0 Å². The van der Waals surface area contributed by atoms with Gasteiger partial charge < -0.3 is 19.9 Å². The van der Waals surface area contributed by atoms with Gasteiger partial charge in [-0.25, -0.2) is 4.98 Å². The van der Waals surface area contributed by atoms with Crippen LogP contribution in [-0.4, -0.2) is 46.7 Å². The lowest BCUT2D eigenvalue weighted by Gasteiger charge is -2.14. The molecule has 156 valence electrons. The molecule has 1 aliphatic heterocycles. The van der Waals surface area contributed by atoms with Crippen LogP contribution in [0.5, 0.6) is 0 Å². The van der Waals surface area contributed by atoms with E-state index in [1.807, 2.05) is 28.8 Å². The van der Waals surface area contributed by atoms with E-state index in [0.717, 1.165) is 49.0 Å². The van der Waals surface area contributed by atoms with Gasteiger partial charge in [-0.2, -0.15) is 0 Å². The van der Waals surface area contributed by atoms with Crippen molar-refractivity contribution in [3.8, 4) is 0 Å². The summed E-state index contributed by atoms with van der Waals surface area (Å²) < 4.78 is 7.43. The van der Waals surface area contributed by atoms with Crippen molar-refractivity contribution in [1.29, 1.82) is 0 Å². The molecule has 7 nitrogen and oxygen atoms in total. The van der Waals surface area contributed by atoms with E-state index in [1.54, 1.807) is 0 Å². The second-order valence-electron chi connectivity index (χ2n) is 8.05. The first-order valence-corrected chi connectivity index (χ1v) is 10.8. The maximum absolute atomic E-state index is 12.6. The normalized spacial score (nSPS) is 19.7. The Morgan fingerprint density at radius 3 is 2.76 bits per heavy atom. The van der Waals surface area contributed by atoms with Gasteiger partial charge in [0.1, 0.15) is 18.5 Å². The van der Waals surface area contributed by atoms with E-state index in [9.17, 15) is 9.59 Å². The topological polar surface area (TPSA) is 85.2 Å². The first kappa shape index (κ1) is 19.9. The molecule has 1 atom stereocenters. The molecule has 2 amide bonds. The number of imidazole rings is 1. The van der Waals surface area contributed by atoms with Crippen LogP contribution >= 0.6 is 0 Å². The number of amides is 2. The maximum atomic E-state index is 12.6. The summed E-state index contributed by atoms with van der Waals surface area (Å²) in [5.41, 5.74) is 1.88. The molecule has 1 aliphatic carbocycles. The minimum absolute atomic E-state index is 0.0213. The Bertz CT molecular complexity index is 851. The van der Waals surface area contributed by atoms with Crippen LogP contribution < -0.4 is 10.6 Å². The lowest BCUT2D eigenvalue weighted by molar-refractivity contribution is -0.130. The van der Waals surface area contributed by atoms with Crippen LogP contribution in [0.25, 0.3) is 11.0 Å². The molecule has 0 bridgehead atoms. The molecule has 1 unspecified atom stereocenters. The molecule has 2 fully saturated rings. The van der Waals surface area contributed by atoms with Crippen LogP contribution in [0.4, 0.5) is 0 Å². The van der Waals surface area contributed by atoms with Crippen molar-refractivity contribution in [2.24, 2.45) is 0 Å². The SMILES string of the molecule is O=C(Cn1c(CCCNC(=O)C2CCCO2)nc2ccccc21)NC1CCCC1. The summed E-state index contributed by atoms with van der Waals surface area (Å²) in [6.07, 6.45) is 7.48. The highest BCUT2D eigenvalue weighted by atomic mass is 16.5. The molecule has 0 spiro atoms. The number of rotatable bonds is 8. The maximum Gasteiger partial charge on any atom is 0.249 e. The van der Waals surface area contributed by atoms with Crippen LogP contribution in [0.2, 0.25) is 0 Å². The number of hydrogen-bond acceptors (Lipinski definition) is 4. The van der Waals surface area contributed by atoms with Gasteiger partial charge in [0, 0.05) is 25.6 Å². The average molecular weight is 399 g/mol. The highest BCUT2D eigenvalue weighted by Gasteiger charge is 2.23. The van der Waals surface area contributed by atoms with E-state index in [2.05, 4.69) is 10.6 Å². The Balaban J connectivity index is 1.36. The number of nitrogens with zero attached hydrogens (tertiary/aromatic N) is 2. The number of aromatic nitrogens is 2. The fourth-order valence-electron chi connectivity index (χ4n) is 4.34. The summed E-state index contributed by atoms with van der Waals surface area (Å²) in [5.74, 6) is 0.916. The van der Waals surface area contributed by atoms with Crippen LogP contribution in [0.1, 0.15) is 50.8 Å². The van der Waals surface area contributed by atoms with Crippen molar-refractivity contribution in [2.45, 2.75) is 70.1 Å². The van der Waals surface area contributed by atoms with E-state index in [4.69, 9.17) is 9.72 Å². The smallest absolute Gasteiger partial charge is 0.249 e. The molecule has 2 N–H and O–H groups in total. The molecule has 1 saturated carbocycles. The van der Waals surface area contributed by atoms with Crippen LogP contribution in [0, 0.1) is 0 Å². The second-order valence-corrected chi connectivity index (χ2v) is 8.05. The molecule has 2 aromatic rings. The van der Waals surface area contributed by atoms with Gasteiger partial charge in [0.25, 0.3) is 0 Å². The molecular formula is C22H30N4O3. The Morgan fingerprint density at radius 1 is 1.14 bits per heavy atom. The second kappa shape index (κ2) is 9.39. The summed E-state index contributed by atoms with van der Waals surface area (Å²) >= 11 is 0. The largest absolute Gasteiger partial charge is 0.368 e. The number of benzene rings is 1. The standard InChI is InChI=1S/C22H30N4O3/c27-21(24-16-7-1-2-8-16)15-26-18-10-4-3-9-17(18)25-20(26)12-5-13-23-22(28)19-11-6-14-29-19/h3-4,9-10,16,19H,1-2,5-8,11-15H2,(H,23,28)(H,24,27). The van der Waals surface area contributed by atoms with Crippen LogP contribution in [-0.2, 0) is 27.3 Å². The summed E-state index contributed by atoms with van der Waals surface area (Å²) in [4.78, 5) is 29.4. The monoisotopic (exact) mass is 398 g/mol. The van der Waals surface area contributed by atoms with E-state index in [1.165, 1.54) is 12.8 Å². The zero-order valence-electron chi connectivity index (χ0n) is 16.9. The number of nitrogens with one attached hydrogen (secondary N) is 2. The fourth-order valence-corrected chi connectivity index (χ4v) is 4.34. The van der Waals surface area contributed by atoms with Gasteiger partial charge in [-0.3, -0.25) is 9.59 Å². The molecule has 1 aromatic carbocycles. The summed E-state index contributed by atoms with van der Waals surface area (Å²) in [5, 5.41) is 6.12. The quantitative estimate of drug-likeness (QED) is 0.669. The zero-order valence-corrected chi connectivity index (χ0v) is 16.9. The van der Waals surface area contributed by atoms with Gasteiger partial charge in [-0.1, -0.05) is 25.0 Å². The first-order chi connectivity index (χ1) is 14.2. The third-order valence-electron chi connectivity index (χ3n) is 5.85. The van der Waals surface area contributed by atoms with Crippen molar-refractivity contribution in [3.05, 3.63) is 30.1 Å². The molecule has 0 radical (unpaired) electrons. The van der Waals surface area contributed by atoms with E-state index >= 15 is 0 Å². The van der Waals surface area contributed by atoms with E-state index in [-0.39, 0.29) is 24.5 Å². The molecule has 2 heterocycles. The minimum Gasteiger partial charge on any atom is -0.368 e. The summed E-state index contributed by atoms with van der Waals surface area (Å²) in [6, 6.07) is 8.23. The minimum atomic E-state index is -0.293. The highest BCUT2D eigenvalue weighted by Crippen LogP contribution is 2.19. The Labute approximate surface area is 171 Å². The number of ether oxygens (including phenoxy) is 1. The number of carbonyl (C=O) groups is 2. The zero-order chi connectivity index (χ0) is 20.1. The predicted octanol–water partition coefficient (Wildman–Crippen LogP) is 2.32. The van der Waals surface area contributed by atoms with Gasteiger partial charge in [-0.05, 0) is 44.2 Å². The fraction of sp³-hybridized carbons (Fsp3) is 0.591. The molecule has 7 heteroatoms.